The van der Waals surface area contributed by atoms with Gasteiger partial charge in [-0.25, -0.2) is 13.1 Å². The van der Waals surface area contributed by atoms with Gasteiger partial charge in [-0.05, 0) is 23.8 Å². The van der Waals surface area contributed by atoms with Crippen molar-refractivity contribution in [1.82, 2.24) is 4.72 Å². The molecule has 0 saturated carbocycles. The average molecular weight is 347 g/mol. The Morgan fingerprint density at radius 2 is 1.96 bits per heavy atom. The highest BCUT2D eigenvalue weighted by Crippen LogP contribution is 2.33. The zero-order valence-corrected chi connectivity index (χ0v) is 13.4. The summed E-state index contributed by atoms with van der Waals surface area (Å²) in [6.45, 7) is 0. The summed E-state index contributed by atoms with van der Waals surface area (Å²) in [5, 5.41) is 8.78. The van der Waals surface area contributed by atoms with Crippen molar-refractivity contribution in [3.05, 3.63) is 64.2 Å². The Bertz CT molecular complexity index is 948. The summed E-state index contributed by atoms with van der Waals surface area (Å²) < 4.78 is 27.6. The van der Waals surface area contributed by atoms with Gasteiger partial charge < -0.3 is 0 Å². The molecule has 5 nitrogen and oxygen atoms in total. The molecule has 1 aliphatic carbocycles. The fraction of sp³-hybridized carbons (Fsp3) is 0.125. The van der Waals surface area contributed by atoms with E-state index in [0.717, 1.165) is 0 Å². The highest BCUT2D eigenvalue weighted by atomic mass is 35.5. The third-order valence-electron chi connectivity index (χ3n) is 3.67. The Hall–Kier alpha value is -2.20. The maximum Gasteiger partial charge on any atom is 0.242 e. The average Bonchev–Trinajstić information content (AvgIpc) is 2.83. The maximum absolute atomic E-state index is 12.5. The summed E-state index contributed by atoms with van der Waals surface area (Å²) in [5.41, 5.74) is 1.47. The van der Waals surface area contributed by atoms with Crippen LogP contribution < -0.4 is 4.72 Å². The van der Waals surface area contributed by atoms with E-state index < -0.39 is 16.1 Å². The van der Waals surface area contributed by atoms with Crippen LogP contribution in [0.25, 0.3) is 0 Å². The first-order valence-corrected chi connectivity index (χ1v) is 8.62. The molecule has 1 N–H and O–H groups in total. The lowest BCUT2D eigenvalue weighted by atomic mass is 10.1. The minimum atomic E-state index is -3.91. The fourth-order valence-electron chi connectivity index (χ4n) is 2.60. The summed E-state index contributed by atoms with van der Waals surface area (Å²) in [6.07, 6.45) is 0.0759. The number of carbonyl (C=O) groups is 1. The quantitative estimate of drug-likeness (QED) is 0.925. The van der Waals surface area contributed by atoms with E-state index in [1.54, 1.807) is 24.3 Å². The predicted molar refractivity (Wildman–Crippen MR) is 84.6 cm³/mol. The Kier molecular flexibility index (Phi) is 3.94. The Labute approximate surface area is 138 Å². The van der Waals surface area contributed by atoms with E-state index in [9.17, 15) is 13.2 Å². The van der Waals surface area contributed by atoms with Crippen LogP contribution in [0.15, 0.2) is 47.4 Å². The number of ketones is 1. The lowest BCUT2D eigenvalue weighted by Crippen LogP contribution is -2.27. The molecular weight excluding hydrogens is 336 g/mol. The number of nitrogens with zero attached hydrogens (tertiary/aromatic N) is 1. The molecule has 0 saturated heterocycles. The number of rotatable bonds is 3. The zero-order valence-electron chi connectivity index (χ0n) is 11.8. The molecule has 7 heteroatoms. The van der Waals surface area contributed by atoms with Crippen molar-refractivity contribution in [2.45, 2.75) is 17.4 Å². The van der Waals surface area contributed by atoms with E-state index in [4.69, 9.17) is 16.9 Å². The van der Waals surface area contributed by atoms with Crippen molar-refractivity contribution < 1.29 is 13.2 Å². The van der Waals surface area contributed by atoms with Crippen LogP contribution in [0, 0.1) is 11.3 Å². The van der Waals surface area contributed by atoms with E-state index in [1.165, 1.54) is 18.2 Å². The van der Waals surface area contributed by atoms with Crippen LogP contribution in [0.4, 0.5) is 0 Å². The van der Waals surface area contributed by atoms with Gasteiger partial charge in [0.2, 0.25) is 10.0 Å². The molecule has 2 aromatic carbocycles. The largest absolute Gasteiger partial charge is 0.294 e. The summed E-state index contributed by atoms with van der Waals surface area (Å²) in [5.74, 6) is -0.0979. The number of sulfonamides is 1. The first kappa shape index (κ1) is 15.7. The number of fused-ring (bicyclic) bond motifs is 1. The standard InChI is InChI=1S/C16H11ClN2O3S/c17-13-7-10(9-18)5-6-16(13)23(21,22)19-14-8-15(20)12-4-2-1-3-11(12)14/h1-7,14,19H,8H2/t14-/m0/s1. The van der Waals surface area contributed by atoms with Gasteiger partial charge in [0.25, 0.3) is 0 Å². The third-order valence-corrected chi connectivity index (χ3v) is 5.63. The van der Waals surface area contributed by atoms with Crippen LogP contribution in [-0.2, 0) is 10.0 Å². The number of hydrogen-bond donors (Lipinski definition) is 1. The molecule has 2 aromatic rings. The maximum atomic E-state index is 12.5. The van der Waals surface area contributed by atoms with Crippen LogP contribution in [0.3, 0.4) is 0 Å². The van der Waals surface area contributed by atoms with E-state index in [2.05, 4.69) is 4.72 Å². The van der Waals surface area contributed by atoms with Gasteiger partial charge >= 0.3 is 0 Å². The van der Waals surface area contributed by atoms with Crippen LogP contribution >= 0.6 is 11.6 Å². The molecule has 23 heavy (non-hydrogen) atoms. The van der Waals surface area contributed by atoms with Crippen molar-refractivity contribution in [2.75, 3.05) is 0 Å². The molecule has 116 valence electrons. The molecule has 3 rings (SSSR count). The fourth-order valence-corrected chi connectivity index (χ4v) is 4.36. The molecule has 1 atom stereocenters. The SMILES string of the molecule is N#Cc1ccc(S(=O)(=O)N[C@H]2CC(=O)c3ccccc32)c(Cl)c1. The van der Waals surface area contributed by atoms with Gasteiger partial charge in [-0.15, -0.1) is 0 Å². The van der Waals surface area contributed by atoms with Gasteiger partial charge in [-0.2, -0.15) is 5.26 Å². The first-order chi connectivity index (χ1) is 10.9. The van der Waals surface area contributed by atoms with Gasteiger partial charge in [0.05, 0.1) is 22.7 Å². The van der Waals surface area contributed by atoms with Crippen molar-refractivity contribution in [1.29, 1.82) is 5.26 Å². The van der Waals surface area contributed by atoms with Gasteiger partial charge in [0, 0.05) is 12.0 Å². The smallest absolute Gasteiger partial charge is 0.242 e. The second-order valence-electron chi connectivity index (χ2n) is 5.15. The molecule has 1 aliphatic rings. The van der Waals surface area contributed by atoms with Crippen LogP contribution in [0.1, 0.15) is 33.9 Å². The van der Waals surface area contributed by atoms with E-state index >= 15 is 0 Å². The monoisotopic (exact) mass is 346 g/mol. The third kappa shape index (κ3) is 2.86. The zero-order chi connectivity index (χ0) is 16.6. The Balaban J connectivity index is 1.94. The molecule has 0 unspecified atom stereocenters. The minimum absolute atomic E-state index is 0.0332. The lowest BCUT2D eigenvalue weighted by Gasteiger charge is -2.14. The summed E-state index contributed by atoms with van der Waals surface area (Å²) in [6, 6.07) is 12.2. The summed E-state index contributed by atoms with van der Waals surface area (Å²) in [4.78, 5) is 11.8. The predicted octanol–water partition coefficient (Wildman–Crippen LogP) is 2.82. The summed E-state index contributed by atoms with van der Waals surface area (Å²) >= 11 is 5.97. The minimum Gasteiger partial charge on any atom is -0.294 e. The van der Waals surface area contributed by atoms with Crippen molar-refractivity contribution in [3.8, 4) is 6.07 Å². The number of benzene rings is 2. The van der Waals surface area contributed by atoms with Gasteiger partial charge in [-0.3, -0.25) is 4.79 Å². The molecular formula is C16H11ClN2O3S. The molecule has 0 fully saturated rings. The Morgan fingerprint density at radius 1 is 1.22 bits per heavy atom. The molecule has 0 aromatic heterocycles. The molecule has 0 aliphatic heterocycles. The highest BCUT2D eigenvalue weighted by Gasteiger charge is 2.32. The second kappa shape index (κ2) is 5.78. The topological polar surface area (TPSA) is 87.0 Å². The second-order valence-corrected chi connectivity index (χ2v) is 7.24. The first-order valence-electron chi connectivity index (χ1n) is 6.76. The molecule has 0 amide bonds. The number of carbonyl (C=O) groups excluding carboxylic acids is 1. The van der Waals surface area contributed by atoms with E-state index in [0.29, 0.717) is 11.1 Å². The van der Waals surface area contributed by atoms with Crippen LogP contribution in [0.5, 0.6) is 0 Å². The van der Waals surface area contributed by atoms with Crippen molar-refractivity contribution >= 4 is 27.4 Å². The number of hydrogen-bond acceptors (Lipinski definition) is 4. The number of halogens is 1. The normalized spacial score (nSPS) is 16.9. The van der Waals surface area contributed by atoms with E-state index in [1.807, 2.05) is 6.07 Å². The highest BCUT2D eigenvalue weighted by molar-refractivity contribution is 7.89. The summed E-state index contributed by atoms with van der Waals surface area (Å²) in [7, 11) is -3.91. The van der Waals surface area contributed by atoms with Crippen LogP contribution in [-0.4, -0.2) is 14.2 Å². The molecule has 0 radical (unpaired) electrons. The molecule has 0 heterocycles. The van der Waals surface area contributed by atoms with Crippen molar-refractivity contribution in [2.24, 2.45) is 0 Å². The number of nitrogens with one attached hydrogen (secondary N) is 1. The lowest BCUT2D eigenvalue weighted by molar-refractivity contribution is 0.0988. The van der Waals surface area contributed by atoms with Crippen LogP contribution in [0.2, 0.25) is 5.02 Å². The van der Waals surface area contributed by atoms with E-state index in [-0.39, 0.29) is 27.7 Å². The van der Waals surface area contributed by atoms with Gasteiger partial charge in [-0.1, -0.05) is 35.9 Å². The number of nitriles is 1. The molecule has 0 bridgehead atoms. The van der Waals surface area contributed by atoms with Gasteiger partial charge in [0.15, 0.2) is 5.78 Å². The van der Waals surface area contributed by atoms with Gasteiger partial charge in [0.1, 0.15) is 4.90 Å². The Morgan fingerprint density at radius 3 is 2.65 bits per heavy atom. The molecule has 0 spiro atoms. The number of Topliss-reactive ketones (excluding diaryl/α,β-unsaturated/α-hetero) is 1. The van der Waals surface area contributed by atoms with Crippen molar-refractivity contribution in [3.63, 3.8) is 0 Å².